The smallest absolute Gasteiger partial charge is 0.194 e. The molecule has 0 aliphatic carbocycles. The third kappa shape index (κ3) is 3.44. The van der Waals surface area contributed by atoms with Crippen molar-refractivity contribution in [2.75, 3.05) is 14.2 Å². The zero-order valence-electron chi connectivity index (χ0n) is 16.7. The molecule has 4 nitrogen and oxygen atoms in total. The summed E-state index contributed by atoms with van der Waals surface area (Å²) in [4.78, 5) is 26.7. The Morgan fingerprint density at radius 3 is 1.93 bits per heavy atom. The Morgan fingerprint density at radius 2 is 1.20 bits per heavy atom. The van der Waals surface area contributed by atoms with Crippen LogP contribution >= 0.6 is 0 Å². The van der Waals surface area contributed by atoms with Crippen LogP contribution in [0.15, 0.2) is 84.9 Å². The summed E-state index contributed by atoms with van der Waals surface area (Å²) in [6, 6.07) is 25.2. The van der Waals surface area contributed by atoms with Gasteiger partial charge in [0, 0.05) is 22.3 Å². The van der Waals surface area contributed by atoms with E-state index in [1.54, 1.807) is 48.5 Å². The van der Waals surface area contributed by atoms with Gasteiger partial charge < -0.3 is 9.47 Å². The molecule has 4 heteroatoms. The lowest BCUT2D eigenvalue weighted by molar-refractivity contribution is 0.100. The summed E-state index contributed by atoms with van der Waals surface area (Å²) >= 11 is 0. The molecule has 0 aliphatic heterocycles. The van der Waals surface area contributed by atoms with Crippen molar-refractivity contribution in [1.29, 1.82) is 0 Å². The van der Waals surface area contributed by atoms with Crippen LogP contribution in [0.2, 0.25) is 0 Å². The Labute approximate surface area is 174 Å². The molecule has 0 fully saturated rings. The fourth-order valence-corrected chi connectivity index (χ4v) is 3.58. The van der Waals surface area contributed by atoms with Crippen LogP contribution in [0, 0.1) is 0 Å². The fraction of sp³-hybridized carbons (Fsp3) is 0.0769. The van der Waals surface area contributed by atoms with E-state index in [1.165, 1.54) is 14.2 Å². The van der Waals surface area contributed by atoms with Gasteiger partial charge in [-0.05, 0) is 29.0 Å². The van der Waals surface area contributed by atoms with Gasteiger partial charge in [0.25, 0.3) is 0 Å². The van der Waals surface area contributed by atoms with E-state index in [-0.39, 0.29) is 11.6 Å². The predicted octanol–water partition coefficient (Wildman–Crippen LogP) is 5.32. The highest BCUT2D eigenvalue weighted by Crippen LogP contribution is 2.30. The third-order valence-corrected chi connectivity index (χ3v) is 5.10. The molecule has 148 valence electrons. The first-order valence-electron chi connectivity index (χ1n) is 9.52. The molecule has 0 atom stereocenters. The number of hydrogen-bond donors (Lipinski definition) is 0. The molecule has 0 radical (unpaired) electrons. The lowest BCUT2D eigenvalue weighted by Crippen LogP contribution is -2.11. The monoisotopic (exact) mass is 396 g/mol. The molecule has 30 heavy (non-hydrogen) atoms. The second kappa shape index (κ2) is 8.21. The Hall–Kier alpha value is -3.92. The van der Waals surface area contributed by atoms with E-state index >= 15 is 0 Å². The van der Waals surface area contributed by atoms with Gasteiger partial charge in [0.1, 0.15) is 0 Å². The number of methoxy groups -OCH3 is 2. The molecule has 0 saturated carbocycles. The summed E-state index contributed by atoms with van der Waals surface area (Å²) in [5.74, 6) is 0.562. The molecule has 4 rings (SSSR count). The standard InChI is InChI=1S/C26H20O4/c1-29-23-15-14-18(16-24(23)30-2)25(27)21-11-5-6-12-22(21)26(28)20-13-7-9-17-8-3-4-10-19(17)20/h3-16H,1-2H3. The van der Waals surface area contributed by atoms with Gasteiger partial charge in [-0.2, -0.15) is 0 Å². The van der Waals surface area contributed by atoms with Crippen LogP contribution in [0.3, 0.4) is 0 Å². The Kier molecular flexibility index (Phi) is 5.31. The highest BCUT2D eigenvalue weighted by molar-refractivity contribution is 6.22. The highest BCUT2D eigenvalue weighted by Gasteiger charge is 2.21. The number of carbonyl (C=O) groups excluding carboxylic acids is 2. The lowest BCUT2D eigenvalue weighted by Gasteiger charge is -2.12. The first-order chi connectivity index (χ1) is 14.6. The number of carbonyl (C=O) groups is 2. The minimum Gasteiger partial charge on any atom is -0.493 e. The number of hydrogen-bond acceptors (Lipinski definition) is 4. The van der Waals surface area contributed by atoms with Gasteiger partial charge in [0.15, 0.2) is 23.1 Å². The van der Waals surface area contributed by atoms with Crippen LogP contribution in [-0.4, -0.2) is 25.8 Å². The number of ketones is 2. The molecule has 4 aromatic rings. The Morgan fingerprint density at radius 1 is 0.600 bits per heavy atom. The molecule has 0 spiro atoms. The van der Waals surface area contributed by atoms with Gasteiger partial charge in [-0.25, -0.2) is 0 Å². The summed E-state index contributed by atoms with van der Waals surface area (Å²) < 4.78 is 10.6. The summed E-state index contributed by atoms with van der Waals surface area (Å²) in [6.45, 7) is 0. The van der Waals surface area contributed by atoms with Gasteiger partial charge >= 0.3 is 0 Å². The minimum absolute atomic E-state index is 0.184. The molecule has 0 unspecified atom stereocenters. The summed E-state index contributed by atoms with van der Waals surface area (Å²) in [7, 11) is 3.06. The number of benzene rings is 4. The first-order valence-corrected chi connectivity index (χ1v) is 9.52. The van der Waals surface area contributed by atoms with E-state index in [0.717, 1.165) is 10.8 Å². The molecular weight excluding hydrogens is 376 g/mol. The largest absolute Gasteiger partial charge is 0.493 e. The molecule has 0 saturated heterocycles. The van der Waals surface area contributed by atoms with Crippen molar-refractivity contribution in [3.63, 3.8) is 0 Å². The molecule has 0 heterocycles. The van der Waals surface area contributed by atoms with E-state index < -0.39 is 0 Å². The van der Waals surface area contributed by atoms with Gasteiger partial charge in [0.05, 0.1) is 14.2 Å². The fourth-order valence-electron chi connectivity index (χ4n) is 3.58. The normalized spacial score (nSPS) is 10.6. The van der Waals surface area contributed by atoms with Crippen LogP contribution in [0.25, 0.3) is 10.8 Å². The first kappa shape index (κ1) is 19.4. The Balaban J connectivity index is 1.79. The predicted molar refractivity (Wildman–Crippen MR) is 117 cm³/mol. The SMILES string of the molecule is COc1ccc(C(=O)c2ccccc2C(=O)c2cccc3ccccc23)cc1OC. The third-order valence-electron chi connectivity index (χ3n) is 5.10. The zero-order valence-corrected chi connectivity index (χ0v) is 16.7. The molecule has 0 amide bonds. The van der Waals surface area contributed by atoms with E-state index in [9.17, 15) is 9.59 Å². The average molecular weight is 396 g/mol. The molecule has 4 aromatic carbocycles. The van der Waals surface area contributed by atoms with Gasteiger partial charge in [0.2, 0.25) is 0 Å². The van der Waals surface area contributed by atoms with Crippen LogP contribution in [-0.2, 0) is 0 Å². The van der Waals surface area contributed by atoms with Gasteiger partial charge in [-0.1, -0.05) is 66.7 Å². The van der Waals surface area contributed by atoms with E-state index in [1.807, 2.05) is 36.4 Å². The maximum atomic E-state index is 13.4. The number of fused-ring (bicyclic) bond motifs is 1. The highest BCUT2D eigenvalue weighted by atomic mass is 16.5. The van der Waals surface area contributed by atoms with Crippen molar-refractivity contribution in [1.82, 2.24) is 0 Å². The van der Waals surface area contributed by atoms with Crippen molar-refractivity contribution in [3.05, 3.63) is 107 Å². The van der Waals surface area contributed by atoms with Crippen molar-refractivity contribution < 1.29 is 19.1 Å². The van der Waals surface area contributed by atoms with Crippen molar-refractivity contribution in [3.8, 4) is 11.5 Å². The molecular formula is C26H20O4. The van der Waals surface area contributed by atoms with Crippen molar-refractivity contribution >= 4 is 22.3 Å². The average Bonchev–Trinajstić information content (AvgIpc) is 2.82. The second-order valence-electron chi connectivity index (χ2n) is 6.80. The van der Waals surface area contributed by atoms with E-state index in [0.29, 0.717) is 33.8 Å². The molecule has 0 aliphatic rings. The Bertz CT molecular complexity index is 1250. The van der Waals surface area contributed by atoms with Crippen molar-refractivity contribution in [2.24, 2.45) is 0 Å². The summed E-state index contributed by atoms with van der Waals surface area (Å²) in [5, 5.41) is 1.84. The van der Waals surface area contributed by atoms with Crippen molar-refractivity contribution in [2.45, 2.75) is 0 Å². The molecule has 0 N–H and O–H groups in total. The summed E-state index contributed by atoms with van der Waals surface area (Å²) in [5.41, 5.74) is 1.71. The van der Waals surface area contributed by atoms with Crippen LogP contribution in [0.5, 0.6) is 11.5 Å². The topological polar surface area (TPSA) is 52.6 Å². The van der Waals surface area contributed by atoms with Crippen LogP contribution < -0.4 is 9.47 Å². The number of ether oxygens (including phenoxy) is 2. The van der Waals surface area contributed by atoms with E-state index in [2.05, 4.69) is 0 Å². The number of rotatable bonds is 6. The maximum Gasteiger partial charge on any atom is 0.194 e. The zero-order chi connectivity index (χ0) is 21.1. The van der Waals surface area contributed by atoms with Gasteiger partial charge in [-0.15, -0.1) is 0 Å². The molecule has 0 aromatic heterocycles. The quantitative estimate of drug-likeness (QED) is 0.414. The maximum absolute atomic E-state index is 13.4. The molecule has 0 bridgehead atoms. The minimum atomic E-state index is -0.250. The van der Waals surface area contributed by atoms with Gasteiger partial charge in [-0.3, -0.25) is 9.59 Å². The van der Waals surface area contributed by atoms with Crippen LogP contribution in [0.4, 0.5) is 0 Å². The second-order valence-corrected chi connectivity index (χ2v) is 6.80. The van der Waals surface area contributed by atoms with E-state index in [4.69, 9.17) is 9.47 Å². The van der Waals surface area contributed by atoms with Crippen LogP contribution in [0.1, 0.15) is 31.8 Å². The summed E-state index contributed by atoms with van der Waals surface area (Å²) in [6.07, 6.45) is 0. The lowest BCUT2D eigenvalue weighted by atomic mass is 9.91.